The Morgan fingerprint density at radius 2 is 2.03 bits per heavy atom. The lowest BCUT2D eigenvalue weighted by Crippen LogP contribution is -2.32. The van der Waals surface area contributed by atoms with Crippen LogP contribution in [0, 0.1) is 5.92 Å². The maximum Gasteiger partial charge on any atom is 0.253 e. The standard InChI is InChI=1S/C20H24N6O3/c1-24-6-5-18(27)23-16-7-12(3-4-17(16)24)20(29)26-10-14(15(11-26)19(21)28)13-8-22-25(2)9-13/h3-4,7-9,14-15H,5-6,10-11H2,1-2H3,(H2,21,28)(H,23,27)/t14-,15+/m1/s1. The van der Waals surface area contributed by atoms with Crippen molar-refractivity contribution in [1.29, 1.82) is 0 Å². The highest BCUT2D eigenvalue weighted by Gasteiger charge is 2.40. The molecule has 1 aromatic carbocycles. The Balaban J connectivity index is 1.60. The van der Waals surface area contributed by atoms with Crippen LogP contribution in [-0.4, -0.2) is 59.1 Å². The molecule has 1 aromatic heterocycles. The molecule has 0 unspecified atom stereocenters. The first kappa shape index (κ1) is 19.0. The number of fused-ring (bicyclic) bond motifs is 1. The SMILES string of the molecule is CN1CCC(=O)Nc2cc(C(=O)N3C[C@H](C(N)=O)[C@@H](c4cnn(C)c4)C3)ccc21. The average Bonchev–Trinajstić information content (AvgIpc) is 3.28. The Labute approximate surface area is 168 Å². The zero-order valence-corrected chi connectivity index (χ0v) is 16.5. The van der Waals surface area contributed by atoms with Gasteiger partial charge < -0.3 is 20.9 Å². The van der Waals surface area contributed by atoms with Crippen molar-refractivity contribution in [1.82, 2.24) is 14.7 Å². The number of primary amides is 1. The number of anilines is 2. The van der Waals surface area contributed by atoms with Crippen LogP contribution in [-0.2, 0) is 16.6 Å². The molecule has 152 valence electrons. The number of aryl methyl sites for hydroxylation is 1. The average molecular weight is 396 g/mol. The van der Waals surface area contributed by atoms with Gasteiger partial charge in [0.15, 0.2) is 0 Å². The largest absolute Gasteiger partial charge is 0.372 e. The van der Waals surface area contributed by atoms with Crippen LogP contribution < -0.4 is 16.0 Å². The van der Waals surface area contributed by atoms with E-state index in [4.69, 9.17) is 5.73 Å². The second kappa shape index (κ2) is 7.23. The molecule has 4 rings (SSSR count). The number of hydrogen-bond donors (Lipinski definition) is 2. The normalized spacial score (nSPS) is 21.5. The second-order valence-corrected chi connectivity index (χ2v) is 7.72. The Bertz CT molecular complexity index is 984. The van der Waals surface area contributed by atoms with Gasteiger partial charge in [0, 0.05) is 57.8 Å². The van der Waals surface area contributed by atoms with E-state index in [9.17, 15) is 14.4 Å². The highest BCUT2D eigenvalue weighted by molar-refractivity contribution is 6.01. The van der Waals surface area contributed by atoms with E-state index in [-0.39, 0.29) is 24.3 Å². The van der Waals surface area contributed by atoms with Gasteiger partial charge in [-0.25, -0.2) is 0 Å². The topological polar surface area (TPSA) is 114 Å². The number of carbonyl (C=O) groups is 3. The van der Waals surface area contributed by atoms with Crippen molar-refractivity contribution in [2.75, 3.05) is 36.9 Å². The summed E-state index contributed by atoms with van der Waals surface area (Å²) in [5.74, 6) is -1.34. The monoisotopic (exact) mass is 396 g/mol. The lowest BCUT2D eigenvalue weighted by molar-refractivity contribution is -0.121. The summed E-state index contributed by atoms with van der Waals surface area (Å²) < 4.78 is 1.67. The number of nitrogens with one attached hydrogen (secondary N) is 1. The molecule has 1 saturated heterocycles. The molecular formula is C20H24N6O3. The van der Waals surface area contributed by atoms with E-state index in [1.165, 1.54) is 0 Å². The van der Waals surface area contributed by atoms with Gasteiger partial charge in [0.05, 0.1) is 23.5 Å². The quantitative estimate of drug-likeness (QED) is 0.786. The maximum atomic E-state index is 13.2. The van der Waals surface area contributed by atoms with E-state index >= 15 is 0 Å². The van der Waals surface area contributed by atoms with Gasteiger partial charge in [-0.05, 0) is 23.8 Å². The summed E-state index contributed by atoms with van der Waals surface area (Å²) in [5, 5.41) is 7.04. The Morgan fingerprint density at radius 1 is 1.24 bits per heavy atom. The highest BCUT2D eigenvalue weighted by atomic mass is 16.2. The van der Waals surface area contributed by atoms with E-state index in [0.717, 1.165) is 11.3 Å². The van der Waals surface area contributed by atoms with Crippen LogP contribution in [0.15, 0.2) is 30.6 Å². The molecule has 2 atom stereocenters. The van der Waals surface area contributed by atoms with Crippen LogP contribution in [0.2, 0.25) is 0 Å². The molecular weight excluding hydrogens is 372 g/mol. The fourth-order valence-electron chi connectivity index (χ4n) is 4.11. The first-order chi connectivity index (χ1) is 13.8. The molecule has 0 aliphatic carbocycles. The molecule has 0 bridgehead atoms. The summed E-state index contributed by atoms with van der Waals surface area (Å²) in [4.78, 5) is 40.8. The predicted molar refractivity (Wildman–Crippen MR) is 107 cm³/mol. The van der Waals surface area contributed by atoms with Gasteiger partial charge in [-0.15, -0.1) is 0 Å². The molecule has 0 radical (unpaired) electrons. The zero-order chi connectivity index (χ0) is 20.7. The smallest absolute Gasteiger partial charge is 0.253 e. The summed E-state index contributed by atoms with van der Waals surface area (Å²) in [6.45, 7) is 1.27. The van der Waals surface area contributed by atoms with Crippen LogP contribution >= 0.6 is 0 Å². The number of rotatable bonds is 3. The van der Waals surface area contributed by atoms with Crippen LogP contribution in [0.4, 0.5) is 11.4 Å². The first-order valence-electron chi connectivity index (χ1n) is 9.55. The van der Waals surface area contributed by atoms with Gasteiger partial charge in [-0.2, -0.15) is 5.10 Å². The lowest BCUT2D eigenvalue weighted by Gasteiger charge is -2.20. The molecule has 3 amide bonds. The Morgan fingerprint density at radius 3 is 2.72 bits per heavy atom. The summed E-state index contributed by atoms with van der Waals surface area (Å²) in [5.41, 5.74) is 8.47. The molecule has 0 spiro atoms. The van der Waals surface area contributed by atoms with Gasteiger partial charge in [-0.3, -0.25) is 19.1 Å². The van der Waals surface area contributed by atoms with Gasteiger partial charge in [-0.1, -0.05) is 0 Å². The van der Waals surface area contributed by atoms with Gasteiger partial charge in [0.25, 0.3) is 5.91 Å². The lowest BCUT2D eigenvalue weighted by atomic mass is 9.90. The van der Waals surface area contributed by atoms with Crippen molar-refractivity contribution in [2.45, 2.75) is 12.3 Å². The van der Waals surface area contributed by atoms with Crippen LogP contribution in [0.5, 0.6) is 0 Å². The Kier molecular flexibility index (Phi) is 4.73. The molecule has 2 aromatic rings. The molecule has 2 aliphatic heterocycles. The molecule has 9 heteroatoms. The fraction of sp³-hybridized carbons (Fsp3) is 0.400. The Hall–Kier alpha value is -3.36. The van der Waals surface area contributed by atoms with Crippen molar-refractivity contribution in [2.24, 2.45) is 18.7 Å². The first-order valence-corrected chi connectivity index (χ1v) is 9.55. The minimum absolute atomic E-state index is 0.0770. The number of likely N-dealkylation sites (tertiary alicyclic amines) is 1. The van der Waals surface area contributed by atoms with Gasteiger partial charge in [0.1, 0.15) is 0 Å². The van der Waals surface area contributed by atoms with Gasteiger partial charge >= 0.3 is 0 Å². The van der Waals surface area contributed by atoms with E-state index < -0.39 is 11.8 Å². The van der Waals surface area contributed by atoms with Crippen LogP contribution in [0.25, 0.3) is 0 Å². The third kappa shape index (κ3) is 3.55. The van der Waals surface area contributed by atoms with Crippen molar-refractivity contribution in [3.05, 3.63) is 41.7 Å². The van der Waals surface area contributed by atoms with Crippen LogP contribution in [0.1, 0.15) is 28.3 Å². The minimum atomic E-state index is -0.463. The summed E-state index contributed by atoms with van der Waals surface area (Å²) in [6, 6.07) is 5.30. The number of aromatic nitrogens is 2. The number of nitrogens with zero attached hydrogens (tertiary/aromatic N) is 4. The molecule has 2 aliphatic rings. The third-order valence-electron chi connectivity index (χ3n) is 5.73. The third-order valence-corrected chi connectivity index (χ3v) is 5.73. The number of benzene rings is 1. The highest BCUT2D eigenvalue weighted by Crippen LogP contribution is 2.34. The molecule has 9 nitrogen and oxygen atoms in total. The van der Waals surface area contributed by atoms with E-state index in [1.54, 1.807) is 27.9 Å². The maximum absolute atomic E-state index is 13.2. The number of hydrogen-bond acceptors (Lipinski definition) is 5. The summed E-state index contributed by atoms with van der Waals surface area (Å²) in [7, 11) is 3.72. The van der Waals surface area contributed by atoms with Crippen LogP contribution in [0.3, 0.4) is 0 Å². The number of nitrogens with two attached hydrogens (primary N) is 1. The minimum Gasteiger partial charge on any atom is -0.372 e. The second-order valence-electron chi connectivity index (χ2n) is 7.72. The molecule has 29 heavy (non-hydrogen) atoms. The summed E-state index contributed by atoms with van der Waals surface area (Å²) in [6.07, 6.45) is 3.96. The summed E-state index contributed by atoms with van der Waals surface area (Å²) >= 11 is 0. The van der Waals surface area contributed by atoms with Crippen molar-refractivity contribution in [3.8, 4) is 0 Å². The van der Waals surface area contributed by atoms with Crippen molar-refractivity contribution >= 4 is 29.1 Å². The van der Waals surface area contributed by atoms with E-state index in [1.807, 2.05) is 31.3 Å². The number of carbonyl (C=O) groups excluding carboxylic acids is 3. The van der Waals surface area contributed by atoms with Gasteiger partial charge in [0.2, 0.25) is 11.8 Å². The van der Waals surface area contributed by atoms with Crippen molar-refractivity contribution < 1.29 is 14.4 Å². The van der Waals surface area contributed by atoms with E-state index in [2.05, 4.69) is 10.4 Å². The van der Waals surface area contributed by atoms with E-state index in [0.29, 0.717) is 30.8 Å². The molecule has 3 N–H and O–H groups in total. The molecule has 3 heterocycles. The zero-order valence-electron chi connectivity index (χ0n) is 16.5. The molecule has 0 saturated carbocycles. The van der Waals surface area contributed by atoms with Crippen molar-refractivity contribution in [3.63, 3.8) is 0 Å². The number of amides is 3. The fourth-order valence-corrected chi connectivity index (χ4v) is 4.11. The molecule has 1 fully saturated rings. The predicted octanol–water partition coefficient (Wildman–Crippen LogP) is 0.540.